The summed E-state index contributed by atoms with van der Waals surface area (Å²) in [5.74, 6) is 1.62. The predicted octanol–water partition coefficient (Wildman–Crippen LogP) is 3.31. The van der Waals surface area contributed by atoms with Crippen LogP contribution in [0.2, 0.25) is 0 Å². The van der Waals surface area contributed by atoms with Crippen LogP contribution in [-0.2, 0) is 17.8 Å². The highest BCUT2D eigenvalue weighted by Gasteiger charge is 2.29. The first kappa shape index (κ1) is 23.0. The third kappa shape index (κ3) is 5.32. The highest BCUT2D eigenvalue weighted by molar-refractivity contribution is 5.88. The average molecular weight is 479 g/mol. The topological polar surface area (TPSA) is 100 Å². The number of alkyl halides is 1. The fraction of sp³-hybridized carbons (Fsp3) is 0.360. The molecular weight excluding hydrogens is 451 g/mol. The van der Waals surface area contributed by atoms with E-state index in [2.05, 4.69) is 25.5 Å². The van der Waals surface area contributed by atoms with Crippen LogP contribution in [0.25, 0.3) is 10.8 Å². The lowest BCUT2D eigenvalue weighted by Crippen LogP contribution is -2.39. The molecule has 2 aromatic heterocycles. The van der Waals surface area contributed by atoms with Crippen LogP contribution in [-0.4, -0.2) is 69.2 Å². The fourth-order valence-electron chi connectivity index (χ4n) is 4.47. The zero-order chi connectivity index (χ0) is 24.2. The van der Waals surface area contributed by atoms with E-state index in [1.54, 1.807) is 18.2 Å². The molecule has 9 nitrogen and oxygen atoms in total. The number of rotatable bonds is 9. The molecule has 2 atom stereocenters. The largest absolute Gasteiger partial charge is 0.485 e. The van der Waals surface area contributed by atoms with Crippen molar-refractivity contribution < 1.29 is 18.3 Å². The maximum absolute atomic E-state index is 13.9. The molecule has 1 amide bonds. The molecule has 5 rings (SSSR count). The molecule has 0 unspecified atom stereocenters. The zero-order valence-corrected chi connectivity index (χ0v) is 19.4. The molecule has 1 N–H and O–H groups in total. The first-order valence-corrected chi connectivity index (χ1v) is 11.6. The molecule has 0 spiro atoms. The number of likely N-dealkylation sites (tertiary alicyclic amines) is 1. The van der Waals surface area contributed by atoms with Crippen molar-refractivity contribution in [2.75, 3.05) is 26.7 Å². The number of carbonyl (C=O) groups excluding carboxylic acids is 1. The van der Waals surface area contributed by atoms with Crippen LogP contribution in [0.4, 0.5) is 4.39 Å². The van der Waals surface area contributed by atoms with Crippen molar-refractivity contribution in [3.63, 3.8) is 0 Å². The van der Waals surface area contributed by atoms with E-state index >= 15 is 0 Å². The van der Waals surface area contributed by atoms with Crippen molar-refractivity contribution in [2.45, 2.75) is 31.7 Å². The standard InChI is InChI=1S/C25H27FN6O3/c1-31(25(33)12-23-21-8-3-2-5-18(21)15-35-23)22(14-32-10-9-19(26)13-32)17-6-4-7-20(11-17)34-16-24-27-29-30-28-24/h2-8,11,15,19,22H,9-10,12-14,16H2,1H3,(H,27,28,29,30)/t19-,22+/m0/s1. The van der Waals surface area contributed by atoms with E-state index in [0.29, 0.717) is 43.4 Å². The molecule has 3 heterocycles. The van der Waals surface area contributed by atoms with Gasteiger partial charge in [0.05, 0.1) is 18.7 Å². The summed E-state index contributed by atoms with van der Waals surface area (Å²) >= 11 is 0. The van der Waals surface area contributed by atoms with E-state index in [9.17, 15) is 9.18 Å². The third-order valence-electron chi connectivity index (χ3n) is 6.41. The number of aromatic amines is 1. The zero-order valence-electron chi connectivity index (χ0n) is 19.4. The molecule has 4 aromatic rings. The van der Waals surface area contributed by atoms with Crippen molar-refractivity contribution >= 4 is 16.7 Å². The lowest BCUT2D eigenvalue weighted by molar-refractivity contribution is -0.132. The van der Waals surface area contributed by atoms with Gasteiger partial charge in [-0.1, -0.05) is 41.6 Å². The summed E-state index contributed by atoms with van der Waals surface area (Å²) in [6, 6.07) is 15.1. The number of nitrogens with zero attached hydrogens (tertiary/aromatic N) is 5. The van der Waals surface area contributed by atoms with E-state index in [4.69, 9.17) is 9.15 Å². The molecule has 0 saturated carbocycles. The fourth-order valence-corrected chi connectivity index (χ4v) is 4.47. The van der Waals surface area contributed by atoms with Crippen molar-refractivity contribution in [3.05, 3.63) is 71.9 Å². The molecule has 182 valence electrons. The number of benzene rings is 2. The summed E-state index contributed by atoms with van der Waals surface area (Å²) in [6.45, 7) is 1.72. The third-order valence-corrected chi connectivity index (χ3v) is 6.41. The molecule has 2 aromatic carbocycles. The second-order valence-corrected chi connectivity index (χ2v) is 8.78. The molecule has 1 fully saturated rings. The minimum atomic E-state index is -0.837. The number of nitrogens with one attached hydrogen (secondary N) is 1. The number of aromatic nitrogens is 4. The molecule has 10 heteroatoms. The maximum atomic E-state index is 13.9. The molecule has 1 saturated heterocycles. The lowest BCUT2D eigenvalue weighted by atomic mass is 10.0. The Hall–Kier alpha value is -3.79. The SMILES string of the molecule is CN(C(=O)Cc1occ2ccccc12)[C@H](CN1CC[C@H](F)C1)c1cccc(OCc2nn[nH]n2)c1. The van der Waals surface area contributed by atoms with Gasteiger partial charge in [-0.05, 0) is 24.1 Å². The van der Waals surface area contributed by atoms with E-state index in [0.717, 1.165) is 16.3 Å². The summed E-state index contributed by atoms with van der Waals surface area (Å²) < 4.78 is 25.4. The van der Waals surface area contributed by atoms with Crippen LogP contribution in [0.5, 0.6) is 5.75 Å². The normalized spacial score (nSPS) is 17.0. The van der Waals surface area contributed by atoms with Crippen molar-refractivity contribution in [3.8, 4) is 5.75 Å². The van der Waals surface area contributed by atoms with Crippen LogP contribution < -0.4 is 4.74 Å². The lowest BCUT2D eigenvalue weighted by Gasteiger charge is -2.32. The monoisotopic (exact) mass is 478 g/mol. The summed E-state index contributed by atoms with van der Waals surface area (Å²) in [5.41, 5.74) is 0.901. The summed E-state index contributed by atoms with van der Waals surface area (Å²) in [6.07, 6.45) is 1.48. The van der Waals surface area contributed by atoms with E-state index < -0.39 is 6.17 Å². The van der Waals surface area contributed by atoms with Crippen molar-refractivity contribution in [2.24, 2.45) is 0 Å². The van der Waals surface area contributed by atoms with E-state index in [1.807, 2.05) is 48.5 Å². The van der Waals surface area contributed by atoms with Crippen LogP contribution >= 0.6 is 0 Å². The number of ether oxygens (including phenoxy) is 1. The quantitative estimate of drug-likeness (QED) is 0.394. The number of hydrogen-bond acceptors (Lipinski definition) is 7. The van der Waals surface area contributed by atoms with Gasteiger partial charge < -0.3 is 14.1 Å². The number of H-pyrrole nitrogens is 1. The highest BCUT2D eigenvalue weighted by Crippen LogP contribution is 2.28. The second-order valence-electron chi connectivity index (χ2n) is 8.78. The Bertz CT molecular complexity index is 1280. The van der Waals surface area contributed by atoms with E-state index in [1.165, 1.54) is 0 Å². The molecule has 0 aliphatic carbocycles. The minimum Gasteiger partial charge on any atom is -0.485 e. The number of amides is 1. The van der Waals surface area contributed by atoms with Gasteiger partial charge in [0.25, 0.3) is 0 Å². The van der Waals surface area contributed by atoms with Crippen LogP contribution in [0.1, 0.15) is 29.6 Å². The number of fused-ring (bicyclic) bond motifs is 1. The van der Waals surface area contributed by atoms with Gasteiger partial charge >= 0.3 is 0 Å². The Kier molecular flexibility index (Phi) is 6.71. The van der Waals surface area contributed by atoms with E-state index in [-0.39, 0.29) is 25.0 Å². The molecule has 35 heavy (non-hydrogen) atoms. The first-order chi connectivity index (χ1) is 17.1. The van der Waals surface area contributed by atoms with Gasteiger partial charge in [-0.25, -0.2) is 4.39 Å². The Morgan fingerprint density at radius 1 is 1.31 bits per heavy atom. The molecule has 0 bridgehead atoms. The van der Waals surface area contributed by atoms with Gasteiger partial charge in [-0.2, -0.15) is 5.21 Å². The first-order valence-electron chi connectivity index (χ1n) is 11.6. The van der Waals surface area contributed by atoms with Crippen LogP contribution in [0.15, 0.2) is 59.2 Å². The van der Waals surface area contributed by atoms with Crippen LogP contribution in [0, 0.1) is 0 Å². The Morgan fingerprint density at radius 3 is 3.00 bits per heavy atom. The number of likely N-dealkylation sites (N-methyl/N-ethyl adjacent to an activating group) is 1. The highest BCUT2D eigenvalue weighted by atomic mass is 19.1. The number of hydrogen-bond donors (Lipinski definition) is 1. The molecule has 1 aliphatic heterocycles. The Balaban J connectivity index is 1.36. The number of tetrazole rings is 1. The summed E-state index contributed by atoms with van der Waals surface area (Å²) in [5, 5.41) is 15.6. The maximum Gasteiger partial charge on any atom is 0.230 e. The van der Waals surface area contributed by atoms with Crippen LogP contribution in [0.3, 0.4) is 0 Å². The van der Waals surface area contributed by atoms with Gasteiger partial charge in [-0.3, -0.25) is 9.69 Å². The van der Waals surface area contributed by atoms with Crippen molar-refractivity contribution in [1.29, 1.82) is 0 Å². The van der Waals surface area contributed by atoms with Crippen molar-refractivity contribution in [1.82, 2.24) is 30.4 Å². The predicted molar refractivity (Wildman–Crippen MR) is 126 cm³/mol. The van der Waals surface area contributed by atoms with Gasteiger partial charge in [0, 0.05) is 37.5 Å². The molecular formula is C25H27FN6O3. The number of carbonyl (C=O) groups is 1. The Labute approximate surface area is 201 Å². The van der Waals surface area contributed by atoms with Gasteiger partial charge in [0.2, 0.25) is 11.7 Å². The summed E-state index contributed by atoms with van der Waals surface area (Å²) in [4.78, 5) is 17.2. The Morgan fingerprint density at radius 2 is 2.20 bits per heavy atom. The molecule has 1 aliphatic rings. The van der Waals surface area contributed by atoms with Gasteiger partial charge in [0.15, 0.2) is 6.61 Å². The summed E-state index contributed by atoms with van der Waals surface area (Å²) in [7, 11) is 1.79. The second kappa shape index (κ2) is 10.2. The number of furan rings is 1. The van der Waals surface area contributed by atoms with Gasteiger partial charge in [-0.15, -0.1) is 10.2 Å². The van der Waals surface area contributed by atoms with Gasteiger partial charge in [0.1, 0.15) is 17.7 Å². The molecule has 0 radical (unpaired) electrons. The average Bonchev–Trinajstić information content (AvgIpc) is 3.63. The smallest absolute Gasteiger partial charge is 0.230 e. The number of halogens is 1. The minimum absolute atomic E-state index is 0.0794.